The lowest BCUT2D eigenvalue weighted by Crippen LogP contribution is -2.40. The monoisotopic (exact) mass is 446 g/mol. The van der Waals surface area contributed by atoms with E-state index in [0.29, 0.717) is 34.8 Å². The third-order valence-electron chi connectivity index (χ3n) is 5.72. The van der Waals surface area contributed by atoms with Crippen LogP contribution in [0.5, 0.6) is 0 Å². The fraction of sp³-hybridized carbons (Fsp3) is 0.292. The number of hydrogen-bond donors (Lipinski definition) is 1. The standard InChI is InChI=1S/C24H26N6O3/c1-14(13-33-4)30(12-18-7-5-17(10-26-18)15(2)31)24(32)16-6-8-21-19(9-16)22-20(23(25)28-21)11-27-29(22)3/h5-11,14H,12-13H2,1-4H3,(H2,25,28). The van der Waals surface area contributed by atoms with E-state index in [0.717, 1.165) is 16.3 Å². The van der Waals surface area contributed by atoms with Gasteiger partial charge in [0.15, 0.2) is 5.78 Å². The van der Waals surface area contributed by atoms with Crippen molar-refractivity contribution in [2.45, 2.75) is 26.4 Å². The van der Waals surface area contributed by atoms with Crippen LogP contribution < -0.4 is 5.73 Å². The first-order valence-electron chi connectivity index (χ1n) is 10.6. The van der Waals surface area contributed by atoms with Crippen molar-refractivity contribution in [2.75, 3.05) is 19.5 Å². The number of ketones is 1. The number of fused-ring (bicyclic) bond motifs is 3. The zero-order valence-electron chi connectivity index (χ0n) is 19.1. The third-order valence-corrected chi connectivity index (χ3v) is 5.72. The van der Waals surface area contributed by atoms with E-state index in [1.54, 1.807) is 47.2 Å². The van der Waals surface area contributed by atoms with E-state index >= 15 is 0 Å². The molecule has 0 saturated heterocycles. The Hall–Kier alpha value is -3.85. The summed E-state index contributed by atoms with van der Waals surface area (Å²) in [5.74, 6) is 0.188. The van der Waals surface area contributed by atoms with E-state index in [4.69, 9.17) is 10.5 Å². The highest BCUT2D eigenvalue weighted by atomic mass is 16.5. The molecule has 0 aliphatic rings. The lowest BCUT2D eigenvalue weighted by molar-refractivity contribution is 0.0538. The Bertz CT molecular complexity index is 1350. The highest BCUT2D eigenvalue weighted by molar-refractivity contribution is 6.10. The summed E-state index contributed by atoms with van der Waals surface area (Å²) in [5.41, 5.74) is 9.33. The number of nitrogens with two attached hydrogens (primary N) is 1. The predicted molar refractivity (Wildman–Crippen MR) is 126 cm³/mol. The molecule has 1 amide bonds. The van der Waals surface area contributed by atoms with Gasteiger partial charge in [0.05, 0.1) is 47.5 Å². The molecule has 0 saturated carbocycles. The average molecular weight is 447 g/mol. The zero-order valence-corrected chi connectivity index (χ0v) is 19.1. The largest absolute Gasteiger partial charge is 0.383 e. The highest BCUT2D eigenvalue weighted by Gasteiger charge is 2.23. The Morgan fingerprint density at radius 3 is 2.58 bits per heavy atom. The number of aromatic nitrogens is 4. The number of rotatable bonds is 7. The fourth-order valence-corrected chi connectivity index (χ4v) is 3.92. The second kappa shape index (κ2) is 8.95. The van der Waals surface area contributed by atoms with Crippen LogP contribution in [-0.2, 0) is 18.3 Å². The number of methoxy groups -OCH3 is 1. The Balaban J connectivity index is 1.73. The van der Waals surface area contributed by atoms with E-state index < -0.39 is 0 Å². The molecule has 0 spiro atoms. The maximum Gasteiger partial charge on any atom is 0.254 e. The molecule has 2 N–H and O–H groups in total. The van der Waals surface area contributed by atoms with Gasteiger partial charge in [0.1, 0.15) is 5.82 Å². The fourth-order valence-electron chi connectivity index (χ4n) is 3.92. The first-order chi connectivity index (χ1) is 15.8. The van der Waals surface area contributed by atoms with Gasteiger partial charge in [0, 0.05) is 36.9 Å². The van der Waals surface area contributed by atoms with Gasteiger partial charge in [0.2, 0.25) is 0 Å². The zero-order chi connectivity index (χ0) is 23.7. The molecular weight excluding hydrogens is 420 g/mol. The first kappa shape index (κ1) is 22.3. The van der Waals surface area contributed by atoms with Crippen LogP contribution in [0.2, 0.25) is 0 Å². The molecule has 33 heavy (non-hydrogen) atoms. The summed E-state index contributed by atoms with van der Waals surface area (Å²) in [5, 5.41) is 5.84. The number of amides is 1. The normalized spacial score (nSPS) is 12.2. The van der Waals surface area contributed by atoms with E-state index in [9.17, 15) is 9.59 Å². The van der Waals surface area contributed by atoms with Gasteiger partial charge in [-0.2, -0.15) is 5.10 Å². The van der Waals surface area contributed by atoms with Crippen molar-refractivity contribution in [3.63, 3.8) is 0 Å². The number of carbonyl (C=O) groups excluding carboxylic acids is 2. The predicted octanol–water partition coefficient (Wildman–Crippen LogP) is 2.98. The molecule has 4 aromatic rings. The molecule has 1 unspecified atom stereocenters. The van der Waals surface area contributed by atoms with Crippen LogP contribution in [-0.4, -0.2) is 56.1 Å². The highest BCUT2D eigenvalue weighted by Crippen LogP contribution is 2.28. The second-order valence-electron chi connectivity index (χ2n) is 8.09. The Morgan fingerprint density at radius 2 is 1.91 bits per heavy atom. The van der Waals surface area contributed by atoms with Gasteiger partial charge in [-0.25, -0.2) is 4.98 Å². The van der Waals surface area contributed by atoms with Gasteiger partial charge in [-0.1, -0.05) is 0 Å². The maximum atomic E-state index is 13.6. The Kier molecular flexibility index (Phi) is 6.06. The molecule has 0 radical (unpaired) electrons. The summed E-state index contributed by atoms with van der Waals surface area (Å²) in [4.78, 5) is 35.7. The van der Waals surface area contributed by atoms with Crippen LogP contribution in [0.1, 0.15) is 40.3 Å². The number of aryl methyl sites for hydroxylation is 1. The second-order valence-corrected chi connectivity index (χ2v) is 8.09. The Labute approximate surface area is 191 Å². The van der Waals surface area contributed by atoms with Crippen molar-refractivity contribution in [3.05, 3.63) is 59.5 Å². The SMILES string of the molecule is COCC(C)N(Cc1ccc(C(C)=O)cn1)C(=O)c1ccc2nc(N)c3cnn(C)c3c2c1. The van der Waals surface area contributed by atoms with Crippen molar-refractivity contribution < 1.29 is 14.3 Å². The lowest BCUT2D eigenvalue weighted by Gasteiger charge is -2.29. The van der Waals surface area contributed by atoms with E-state index in [-0.39, 0.29) is 24.3 Å². The van der Waals surface area contributed by atoms with Crippen molar-refractivity contribution in [1.82, 2.24) is 24.6 Å². The lowest BCUT2D eigenvalue weighted by atomic mass is 10.1. The summed E-state index contributed by atoms with van der Waals surface area (Å²) in [6.45, 7) is 4.07. The number of hydrogen-bond acceptors (Lipinski definition) is 7. The quantitative estimate of drug-likeness (QED) is 0.434. The van der Waals surface area contributed by atoms with Crippen LogP contribution in [0, 0.1) is 0 Å². The molecule has 9 nitrogen and oxygen atoms in total. The molecule has 1 atom stereocenters. The molecule has 3 aromatic heterocycles. The van der Waals surface area contributed by atoms with Crippen LogP contribution in [0.25, 0.3) is 21.8 Å². The third kappa shape index (κ3) is 4.27. The summed E-state index contributed by atoms with van der Waals surface area (Å²) in [6, 6.07) is 8.66. The number of nitrogens with zero attached hydrogens (tertiary/aromatic N) is 5. The molecule has 3 heterocycles. The molecule has 170 valence electrons. The van der Waals surface area contributed by atoms with Gasteiger partial charge in [0.25, 0.3) is 5.91 Å². The molecular formula is C24H26N6O3. The number of ether oxygens (including phenoxy) is 1. The topological polar surface area (TPSA) is 116 Å². The van der Waals surface area contributed by atoms with E-state index in [2.05, 4.69) is 15.1 Å². The number of carbonyl (C=O) groups is 2. The molecule has 0 aliphatic heterocycles. The van der Waals surface area contributed by atoms with Crippen LogP contribution >= 0.6 is 0 Å². The van der Waals surface area contributed by atoms with Crippen LogP contribution in [0.15, 0.2) is 42.7 Å². The van der Waals surface area contributed by atoms with Crippen molar-refractivity contribution in [3.8, 4) is 0 Å². The maximum absolute atomic E-state index is 13.6. The summed E-state index contributed by atoms with van der Waals surface area (Å²) in [6.07, 6.45) is 3.21. The van der Waals surface area contributed by atoms with Gasteiger partial charge in [-0.15, -0.1) is 0 Å². The van der Waals surface area contributed by atoms with Crippen molar-refractivity contribution in [1.29, 1.82) is 0 Å². The minimum atomic E-state index is -0.200. The Morgan fingerprint density at radius 1 is 1.15 bits per heavy atom. The number of benzene rings is 1. The minimum Gasteiger partial charge on any atom is -0.383 e. The van der Waals surface area contributed by atoms with Gasteiger partial charge in [-0.05, 0) is 44.2 Å². The molecule has 1 aromatic carbocycles. The van der Waals surface area contributed by atoms with E-state index in [1.807, 2.05) is 20.0 Å². The van der Waals surface area contributed by atoms with Gasteiger partial charge >= 0.3 is 0 Å². The molecule has 0 aliphatic carbocycles. The molecule has 0 fully saturated rings. The summed E-state index contributed by atoms with van der Waals surface area (Å²) in [7, 11) is 3.43. The number of anilines is 1. The molecule has 4 rings (SSSR count). The van der Waals surface area contributed by atoms with E-state index in [1.165, 1.54) is 13.1 Å². The smallest absolute Gasteiger partial charge is 0.254 e. The number of pyridine rings is 2. The molecule has 0 bridgehead atoms. The first-order valence-corrected chi connectivity index (χ1v) is 10.6. The van der Waals surface area contributed by atoms with Gasteiger partial charge < -0.3 is 15.4 Å². The van der Waals surface area contributed by atoms with Crippen molar-refractivity contribution >= 4 is 39.3 Å². The van der Waals surface area contributed by atoms with Crippen LogP contribution in [0.3, 0.4) is 0 Å². The van der Waals surface area contributed by atoms with Crippen molar-refractivity contribution in [2.24, 2.45) is 7.05 Å². The number of nitrogen functional groups attached to an aromatic ring is 1. The van der Waals surface area contributed by atoms with Gasteiger partial charge in [-0.3, -0.25) is 19.3 Å². The summed E-state index contributed by atoms with van der Waals surface area (Å²) >= 11 is 0. The minimum absolute atomic E-state index is 0.0541. The molecule has 9 heteroatoms. The number of Topliss-reactive ketones (excluding diaryl/α,β-unsaturated/α-hetero) is 1. The average Bonchev–Trinajstić information content (AvgIpc) is 3.20. The van der Waals surface area contributed by atoms with Crippen LogP contribution in [0.4, 0.5) is 5.82 Å². The summed E-state index contributed by atoms with van der Waals surface area (Å²) < 4.78 is 7.04.